The van der Waals surface area contributed by atoms with Gasteiger partial charge >= 0.3 is 0 Å². The van der Waals surface area contributed by atoms with Gasteiger partial charge in [-0.15, -0.1) is 0 Å². The van der Waals surface area contributed by atoms with Gasteiger partial charge in [0.2, 0.25) is 0 Å². The van der Waals surface area contributed by atoms with Crippen molar-refractivity contribution in [3.8, 4) is 6.07 Å². The highest BCUT2D eigenvalue weighted by Gasteiger charge is 2.20. The molecule has 24 heavy (non-hydrogen) atoms. The smallest absolute Gasteiger partial charge is 0.179 e. The number of nitriles is 1. The normalized spacial score (nSPS) is 15.4. The summed E-state index contributed by atoms with van der Waals surface area (Å²) in [6.07, 6.45) is 7.13. The van der Waals surface area contributed by atoms with Crippen LogP contribution in [0.3, 0.4) is 0 Å². The highest BCUT2D eigenvalue weighted by Crippen LogP contribution is 2.23. The van der Waals surface area contributed by atoms with Gasteiger partial charge in [0.1, 0.15) is 17.4 Å². The third-order valence-corrected chi connectivity index (χ3v) is 4.38. The van der Waals surface area contributed by atoms with E-state index in [1.165, 1.54) is 0 Å². The van der Waals surface area contributed by atoms with Gasteiger partial charge < -0.3 is 15.2 Å². The number of fused-ring (bicyclic) bond motifs is 1. The maximum atomic E-state index is 8.85. The summed E-state index contributed by atoms with van der Waals surface area (Å²) in [5.41, 5.74) is 3.33. The van der Waals surface area contributed by atoms with Gasteiger partial charge in [-0.25, -0.2) is 15.0 Å². The predicted octanol–water partition coefficient (Wildman–Crippen LogP) is 2.31. The summed E-state index contributed by atoms with van der Waals surface area (Å²) in [6.45, 7) is 1.88. The molecule has 120 valence electrons. The van der Waals surface area contributed by atoms with Gasteiger partial charge in [-0.1, -0.05) is 0 Å². The van der Waals surface area contributed by atoms with Crippen LogP contribution < -0.4 is 10.2 Å². The summed E-state index contributed by atoms with van der Waals surface area (Å²) in [5, 5.41) is 12.4. The van der Waals surface area contributed by atoms with E-state index in [2.05, 4.69) is 36.2 Å². The molecule has 0 amide bonds. The quantitative estimate of drug-likeness (QED) is 0.769. The van der Waals surface area contributed by atoms with Crippen LogP contribution in [0, 0.1) is 11.3 Å². The Hall–Kier alpha value is -3.14. The van der Waals surface area contributed by atoms with Crippen LogP contribution in [0.2, 0.25) is 0 Å². The van der Waals surface area contributed by atoms with Gasteiger partial charge in [-0.2, -0.15) is 5.26 Å². The van der Waals surface area contributed by atoms with Crippen molar-refractivity contribution < 1.29 is 0 Å². The van der Waals surface area contributed by atoms with Crippen molar-refractivity contribution in [3.63, 3.8) is 0 Å². The first-order chi connectivity index (χ1) is 11.8. The second-order valence-electron chi connectivity index (χ2n) is 5.88. The highest BCUT2D eigenvalue weighted by molar-refractivity contribution is 5.84. The first kappa shape index (κ1) is 14.5. The van der Waals surface area contributed by atoms with Crippen LogP contribution in [0.4, 0.5) is 11.5 Å². The SMILES string of the molecule is N#Cc1ccc(N2CCC(Nc3ccnc4nc[nH]c34)CC2)nc1. The highest BCUT2D eigenvalue weighted by atomic mass is 15.2. The number of pyridine rings is 2. The summed E-state index contributed by atoms with van der Waals surface area (Å²) in [5.74, 6) is 0.937. The zero-order valence-corrected chi connectivity index (χ0v) is 13.1. The van der Waals surface area contributed by atoms with E-state index in [4.69, 9.17) is 5.26 Å². The molecule has 4 rings (SSSR count). The average molecular weight is 319 g/mol. The Balaban J connectivity index is 1.41. The molecule has 0 spiro atoms. The van der Waals surface area contributed by atoms with Crippen molar-refractivity contribution in [2.24, 2.45) is 0 Å². The Kier molecular flexibility index (Phi) is 3.71. The number of H-pyrrole nitrogens is 1. The van der Waals surface area contributed by atoms with Gasteiger partial charge in [0.15, 0.2) is 5.65 Å². The lowest BCUT2D eigenvalue weighted by atomic mass is 10.0. The van der Waals surface area contributed by atoms with E-state index in [1.807, 2.05) is 18.2 Å². The minimum absolute atomic E-state index is 0.411. The van der Waals surface area contributed by atoms with E-state index < -0.39 is 0 Å². The minimum atomic E-state index is 0.411. The molecule has 3 aromatic rings. The van der Waals surface area contributed by atoms with Gasteiger partial charge in [-0.05, 0) is 31.0 Å². The molecule has 0 saturated carbocycles. The summed E-state index contributed by atoms with van der Waals surface area (Å²) in [6, 6.07) is 8.23. The van der Waals surface area contributed by atoms with Crippen LogP contribution in [0.1, 0.15) is 18.4 Å². The molecule has 2 N–H and O–H groups in total. The molecular weight excluding hydrogens is 302 g/mol. The monoisotopic (exact) mass is 319 g/mol. The third-order valence-electron chi connectivity index (χ3n) is 4.38. The van der Waals surface area contributed by atoms with E-state index in [9.17, 15) is 0 Å². The molecule has 1 aliphatic heterocycles. The number of nitrogens with one attached hydrogen (secondary N) is 2. The van der Waals surface area contributed by atoms with Crippen molar-refractivity contribution in [2.75, 3.05) is 23.3 Å². The fourth-order valence-electron chi connectivity index (χ4n) is 3.08. The second kappa shape index (κ2) is 6.16. The Morgan fingerprint density at radius 2 is 2.04 bits per heavy atom. The van der Waals surface area contributed by atoms with Gasteiger partial charge in [0, 0.05) is 31.5 Å². The predicted molar refractivity (Wildman–Crippen MR) is 91.7 cm³/mol. The molecule has 3 aromatic heterocycles. The van der Waals surface area contributed by atoms with E-state index in [1.54, 1.807) is 18.7 Å². The summed E-state index contributed by atoms with van der Waals surface area (Å²) < 4.78 is 0. The number of hydrogen-bond donors (Lipinski definition) is 2. The van der Waals surface area contributed by atoms with E-state index in [-0.39, 0.29) is 0 Å². The molecule has 0 atom stereocenters. The van der Waals surface area contributed by atoms with Crippen molar-refractivity contribution in [1.29, 1.82) is 5.26 Å². The standard InChI is InChI=1S/C17H17N7/c18-9-12-1-2-15(20-10-12)24-7-4-13(5-8-24)23-14-3-6-19-17-16(14)21-11-22-17/h1-3,6,10-11,13H,4-5,7-8H2,(H2,19,21,22,23). The number of anilines is 2. The lowest BCUT2D eigenvalue weighted by Gasteiger charge is -2.33. The Labute approximate surface area is 139 Å². The van der Waals surface area contributed by atoms with Crippen LogP contribution in [0.5, 0.6) is 0 Å². The third kappa shape index (κ3) is 2.74. The lowest BCUT2D eigenvalue weighted by molar-refractivity contribution is 0.524. The van der Waals surface area contributed by atoms with Crippen LogP contribution in [-0.2, 0) is 0 Å². The molecule has 0 bridgehead atoms. The first-order valence-electron chi connectivity index (χ1n) is 7.99. The number of aromatic amines is 1. The van der Waals surface area contributed by atoms with Crippen LogP contribution in [-0.4, -0.2) is 39.1 Å². The van der Waals surface area contributed by atoms with Crippen LogP contribution in [0.15, 0.2) is 36.9 Å². The zero-order valence-electron chi connectivity index (χ0n) is 13.1. The van der Waals surface area contributed by atoms with Gasteiger partial charge in [0.05, 0.1) is 17.6 Å². The Morgan fingerprint density at radius 1 is 1.17 bits per heavy atom. The summed E-state index contributed by atoms with van der Waals surface area (Å²) in [7, 11) is 0. The number of nitrogens with zero attached hydrogens (tertiary/aromatic N) is 5. The Bertz CT molecular complexity index is 870. The largest absolute Gasteiger partial charge is 0.380 e. The molecule has 0 radical (unpaired) electrons. The molecule has 7 nitrogen and oxygen atoms in total. The van der Waals surface area contributed by atoms with Gasteiger partial charge in [-0.3, -0.25) is 0 Å². The van der Waals surface area contributed by atoms with E-state index in [0.717, 1.165) is 48.6 Å². The molecular formula is C17H17N7. The number of aromatic nitrogens is 4. The molecule has 1 fully saturated rings. The topological polar surface area (TPSA) is 93.5 Å². The zero-order chi connectivity index (χ0) is 16.4. The van der Waals surface area contributed by atoms with Crippen molar-refractivity contribution >= 4 is 22.7 Å². The van der Waals surface area contributed by atoms with Crippen molar-refractivity contribution in [3.05, 3.63) is 42.5 Å². The van der Waals surface area contributed by atoms with E-state index >= 15 is 0 Å². The summed E-state index contributed by atoms with van der Waals surface area (Å²) in [4.78, 5) is 18.2. The van der Waals surface area contributed by atoms with E-state index in [0.29, 0.717) is 11.6 Å². The molecule has 1 aliphatic rings. The molecule has 0 aliphatic carbocycles. The molecule has 7 heteroatoms. The van der Waals surface area contributed by atoms with Crippen molar-refractivity contribution in [2.45, 2.75) is 18.9 Å². The first-order valence-corrected chi connectivity index (χ1v) is 7.99. The number of hydrogen-bond acceptors (Lipinski definition) is 6. The second-order valence-corrected chi connectivity index (χ2v) is 5.88. The number of piperidine rings is 1. The van der Waals surface area contributed by atoms with Crippen LogP contribution in [0.25, 0.3) is 11.2 Å². The Morgan fingerprint density at radius 3 is 2.79 bits per heavy atom. The molecule has 4 heterocycles. The fraction of sp³-hybridized carbons (Fsp3) is 0.294. The van der Waals surface area contributed by atoms with Gasteiger partial charge in [0.25, 0.3) is 0 Å². The molecule has 0 aromatic carbocycles. The molecule has 0 unspecified atom stereocenters. The van der Waals surface area contributed by atoms with Crippen molar-refractivity contribution in [1.82, 2.24) is 19.9 Å². The average Bonchev–Trinajstić information content (AvgIpc) is 3.12. The fourth-order valence-corrected chi connectivity index (χ4v) is 3.08. The minimum Gasteiger partial charge on any atom is -0.380 e. The molecule has 1 saturated heterocycles. The van der Waals surface area contributed by atoms with Crippen LogP contribution >= 0.6 is 0 Å². The maximum Gasteiger partial charge on any atom is 0.179 e. The maximum absolute atomic E-state index is 8.85. The number of rotatable bonds is 3. The number of imidazole rings is 1. The lowest BCUT2D eigenvalue weighted by Crippen LogP contribution is -2.39. The summed E-state index contributed by atoms with van der Waals surface area (Å²) >= 11 is 0.